The Morgan fingerprint density at radius 1 is 1.04 bits per heavy atom. The monoisotopic (exact) mass is 356 g/mol. The Labute approximate surface area is 155 Å². The fourth-order valence-corrected chi connectivity index (χ4v) is 3.94. The number of amides is 3. The van der Waals surface area contributed by atoms with Gasteiger partial charge in [0.1, 0.15) is 0 Å². The second kappa shape index (κ2) is 7.22. The van der Waals surface area contributed by atoms with E-state index in [2.05, 4.69) is 26.1 Å². The van der Waals surface area contributed by atoms with E-state index in [0.717, 1.165) is 31.4 Å². The van der Waals surface area contributed by atoms with Crippen LogP contribution in [-0.4, -0.2) is 29.2 Å². The average Bonchev–Trinajstić information content (AvgIpc) is 2.84. The summed E-state index contributed by atoms with van der Waals surface area (Å²) in [4.78, 5) is 38.4. The van der Waals surface area contributed by atoms with Gasteiger partial charge in [-0.15, -0.1) is 0 Å². The van der Waals surface area contributed by atoms with Crippen molar-refractivity contribution < 1.29 is 14.4 Å². The van der Waals surface area contributed by atoms with Crippen molar-refractivity contribution in [3.05, 3.63) is 29.8 Å². The Bertz CT molecular complexity index is 679. The third kappa shape index (κ3) is 3.81. The van der Waals surface area contributed by atoms with E-state index < -0.39 is 0 Å². The van der Waals surface area contributed by atoms with Gasteiger partial charge in [0, 0.05) is 18.7 Å². The highest BCUT2D eigenvalue weighted by molar-refractivity contribution is 6.05. The summed E-state index contributed by atoms with van der Waals surface area (Å²) in [6.07, 6.45) is 3.77. The minimum Gasteiger partial charge on any atom is -0.326 e. The van der Waals surface area contributed by atoms with Crippen LogP contribution in [0.2, 0.25) is 0 Å². The van der Waals surface area contributed by atoms with E-state index >= 15 is 0 Å². The Morgan fingerprint density at radius 3 is 2.08 bits per heavy atom. The van der Waals surface area contributed by atoms with Crippen LogP contribution in [0.4, 0.5) is 5.69 Å². The van der Waals surface area contributed by atoms with Gasteiger partial charge in [-0.05, 0) is 36.0 Å². The van der Waals surface area contributed by atoms with Crippen LogP contribution in [0, 0.1) is 11.8 Å². The number of nitrogens with one attached hydrogen (secondary N) is 1. The highest BCUT2D eigenvalue weighted by atomic mass is 16.2. The molecule has 2 fully saturated rings. The molecule has 0 bridgehead atoms. The second-order valence-electron chi connectivity index (χ2n) is 8.45. The van der Waals surface area contributed by atoms with Gasteiger partial charge in [0.05, 0.1) is 11.8 Å². The Kier molecular flexibility index (Phi) is 5.17. The lowest BCUT2D eigenvalue weighted by atomic mass is 9.81. The van der Waals surface area contributed by atoms with Gasteiger partial charge < -0.3 is 5.32 Å². The Balaban J connectivity index is 1.54. The molecule has 3 rings (SSSR count). The standard InChI is InChI=1S/C21H28N2O3/c1-21(2,3)14-8-10-15(11-9-14)22-18(24)12-13-23-19(25)16-6-4-5-7-17(16)20(23)26/h8-11,16-17H,4-7,12-13H2,1-3H3,(H,22,24). The molecule has 140 valence electrons. The highest BCUT2D eigenvalue weighted by Crippen LogP contribution is 2.38. The maximum absolute atomic E-state index is 12.4. The number of carbonyl (C=O) groups excluding carboxylic acids is 3. The SMILES string of the molecule is CC(C)(C)c1ccc(NC(=O)CCN2C(=O)C3CCCCC3C2=O)cc1. The predicted octanol–water partition coefficient (Wildman–Crippen LogP) is 3.49. The van der Waals surface area contributed by atoms with E-state index in [0.29, 0.717) is 0 Å². The lowest BCUT2D eigenvalue weighted by molar-refractivity contribution is -0.140. The number of benzene rings is 1. The fraction of sp³-hybridized carbons (Fsp3) is 0.571. The van der Waals surface area contributed by atoms with E-state index in [1.54, 1.807) is 0 Å². The zero-order chi connectivity index (χ0) is 18.9. The number of imide groups is 1. The molecular formula is C21H28N2O3. The van der Waals surface area contributed by atoms with Gasteiger partial charge in [-0.3, -0.25) is 19.3 Å². The first kappa shape index (κ1) is 18.6. The molecule has 1 aromatic rings. The molecule has 2 unspecified atom stereocenters. The van der Waals surface area contributed by atoms with Crippen molar-refractivity contribution in [3.63, 3.8) is 0 Å². The first-order chi connectivity index (χ1) is 12.3. The zero-order valence-electron chi connectivity index (χ0n) is 15.9. The van der Waals surface area contributed by atoms with E-state index in [1.165, 1.54) is 10.5 Å². The molecule has 3 amide bonds. The molecule has 1 saturated carbocycles. The number of nitrogens with zero attached hydrogens (tertiary/aromatic N) is 1. The number of rotatable bonds is 4. The average molecular weight is 356 g/mol. The van der Waals surface area contributed by atoms with Crippen LogP contribution in [0.25, 0.3) is 0 Å². The van der Waals surface area contributed by atoms with Gasteiger partial charge in [0.25, 0.3) is 0 Å². The third-order valence-corrected chi connectivity index (χ3v) is 5.53. The minimum atomic E-state index is -0.177. The zero-order valence-corrected chi connectivity index (χ0v) is 15.9. The van der Waals surface area contributed by atoms with Gasteiger partial charge in [-0.2, -0.15) is 0 Å². The van der Waals surface area contributed by atoms with Crippen molar-refractivity contribution in [3.8, 4) is 0 Å². The van der Waals surface area contributed by atoms with Crippen LogP contribution in [0.3, 0.4) is 0 Å². The van der Waals surface area contributed by atoms with Gasteiger partial charge >= 0.3 is 0 Å². The van der Waals surface area contributed by atoms with Gasteiger partial charge in [0.15, 0.2) is 0 Å². The summed E-state index contributed by atoms with van der Waals surface area (Å²) in [6, 6.07) is 7.79. The molecule has 1 N–H and O–H groups in total. The molecule has 0 radical (unpaired) electrons. The lowest BCUT2D eigenvalue weighted by Crippen LogP contribution is -2.34. The summed E-state index contributed by atoms with van der Waals surface area (Å²) in [5, 5.41) is 2.85. The maximum atomic E-state index is 12.4. The van der Waals surface area contributed by atoms with Crippen LogP contribution in [0.5, 0.6) is 0 Å². The van der Waals surface area contributed by atoms with Crippen LogP contribution in [-0.2, 0) is 19.8 Å². The number of anilines is 1. The van der Waals surface area contributed by atoms with Crippen molar-refractivity contribution in [1.29, 1.82) is 0 Å². The maximum Gasteiger partial charge on any atom is 0.233 e. The van der Waals surface area contributed by atoms with Crippen molar-refractivity contribution in [2.45, 2.75) is 58.3 Å². The van der Waals surface area contributed by atoms with E-state index in [9.17, 15) is 14.4 Å². The predicted molar refractivity (Wildman–Crippen MR) is 101 cm³/mol. The quantitative estimate of drug-likeness (QED) is 0.840. The summed E-state index contributed by atoms with van der Waals surface area (Å²) in [5.41, 5.74) is 2.00. The summed E-state index contributed by atoms with van der Waals surface area (Å²) < 4.78 is 0. The molecule has 1 aliphatic carbocycles. The third-order valence-electron chi connectivity index (χ3n) is 5.53. The van der Waals surface area contributed by atoms with Crippen molar-refractivity contribution in [1.82, 2.24) is 4.90 Å². The summed E-state index contributed by atoms with van der Waals surface area (Å²) in [6.45, 7) is 6.60. The van der Waals surface area contributed by atoms with Crippen molar-refractivity contribution in [2.75, 3.05) is 11.9 Å². The molecule has 1 aliphatic heterocycles. The van der Waals surface area contributed by atoms with E-state index in [-0.39, 0.29) is 47.9 Å². The van der Waals surface area contributed by atoms with Crippen LogP contribution < -0.4 is 5.32 Å². The molecule has 1 heterocycles. The highest BCUT2D eigenvalue weighted by Gasteiger charge is 2.47. The number of likely N-dealkylation sites (tertiary alicyclic amines) is 1. The van der Waals surface area contributed by atoms with Crippen molar-refractivity contribution in [2.24, 2.45) is 11.8 Å². The Hall–Kier alpha value is -2.17. The normalized spacial score (nSPS) is 23.1. The molecule has 5 heteroatoms. The first-order valence-corrected chi connectivity index (χ1v) is 9.53. The molecule has 1 aromatic carbocycles. The number of hydrogen-bond donors (Lipinski definition) is 1. The van der Waals surface area contributed by atoms with Gasteiger partial charge in [-0.25, -0.2) is 0 Å². The molecule has 2 aliphatic rings. The molecule has 5 nitrogen and oxygen atoms in total. The minimum absolute atomic E-state index is 0.0653. The van der Waals surface area contributed by atoms with E-state index in [1.807, 2.05) is 24.3 Å². The van der Waals surface area contributed by atoms with Crippen LogP contribution in [0.15, 0.2) is 24.3 Å². The first-order valence-electron chi connectivity index (χ1n) is 9.53. The number of carbonyl (C=O) groups is 3. The van der Waals surface area contributed by atoms with E-state index in [4.69, 9.17) is 0 Å². The lowest BCUT2D eigenvalue weighted by Gasteiger charge is -2.19. The molecule has 26 heavy (non-hydrogen) atoms. The molecule has 0 spiro atoms. The van der Waals surface area contributed by atoms with Crippen LogP contribution >= 0.6 is 0 Å². The topological polar surface area (TPSA) is 66.5 Å². The summed E-state index contributed by atoms with van der Waals surface area (Å²) in [5.74, 6) is -0.637. The molecular weight excluding hydrogens is 328 g/mol. The Morgan fingerprint density at radius 2 is 1.58 bits per heavy atom. The molecule has 0 aromatic heterocycles. The van der Waals surface area contributed by atoms with Crippen LogP contribution in [0.1, 0.15) is 58.4 Å². The fourth-order valence-electron chi connectivity index (χ4n) is 3.94. The number of fused-ring (bicyclic) bond motifs is 1. The molecule has 1 saturated heterocycles. The summed E-state index contributed by atoms with van der Waals surface area (Å²) >= 11 is 0. The second-order valence-corrected chi connectivity index (χ2v) is 8.45. The smallest absolute Gasteiger partial charge is 0.233 e. The largest absolute Gasteiger partial charge is 0.326 e. The van der Waals surface area contributed by atoms with Crippen molar-refractivity contribution >= 4 is 23.4 Å². The van der Waals surface area contributed by atoms with Gasteiger partial charge in [0.2, 0.25) is 17.7 Å². The van der Waals surface area contributed by atoms with Gasteiger partial charge in [-0.1, -0.05) is 45.7 Å². The molecule has 2 atom stereocenters. The number of hydrogen-bond acceptors (Lipinski definition) is 3. The summed E-state index contributed by atoms with van der Waals surface area (Å²) in [7, 11) is 0.